The third-order valence-corrected chi connectivity index (χ3v) is 6.27. The van der Waals surface area contributed by atoms with Gasteiger partial charge in [0.25, 0.3) is 0 Å². The quantitative estimate of drug-likeness (QED) is 0.423. The van der Waals surface area contributed by atoms with E-state index in [2.05, 4.69) is 78.4 Å². The van der Waals surface area contributed by atoms with Gasteiger partial charge in [0, 0.05) is 22.9 Å². The van der Waals surface area contributed by atoms with Crippen LogP contribution in [0.5, 0.6) is 0 Å². The maximum Gasteiger partial charge on any atom is 0.210 e. The van der Waals surface area contributed by atoms with Gasteiger partial charge in [-0.25, -0.2) is 0 Å². The lowest BCUT2D eigenvalue weighted by Crippen LogP contribution is -2.14. The molecule has 1 nitrogen and oxygen atoms in total. The first-order valence-electron chi connectivity index (χ1n) is 8.35. The number of aryl methyl sites for hydroxylation is 1. The van der Waals surface area contributed by atoms with E-state index in [4.69, 9.17) is 0 Å². The summed E-state index contributed by atoms with van der Waals surface area (Å²) < 4.78 is 2.41. The number of thioether (sulfide) groups is 1. The smallest absolute Gasteiger partial charge is 0.188 e. The van der Waals surface area contributed by atoms with Crippen LogP contribution in [-0.4, -0.2) is 16.7 Å². The zero-order chi connectivity index (χ0) is 16.1. The Kier molecular flexibility index (Phi) is 3.14. The number of nitrogens with zero attached hydrogens (tertiary/aromatic N) is 1. The van der Waals surface area contributed by atoms with Crippen LogP contribution in [0.3, 0.4) is 0 Å². The van der Waals surface area contributed by atoms with E-state index < -0.39 is 0 Å². The molecule has 0 atom stereocenters. The Morgan fingerprint density at radius 2 is 1.71 bits per heavy atom. The highest BCUT2D eigenvalue weighted by molar-refractivity contribution is 7.99. The molecule has 0 aromatic heterocycles. The van der Waals surface area contributed by atoms with Gasteiger partial charge in [-0.2, -0.15) is 4.58 Å². The van der Waals surface area contributed by atoms with Gasteiger partial charge in [-0.1, -0.05) is 60.3 Å². The highest BCUT2D eigenvalue weighted by atomic mass is 32.2. The van der Waals surface area contributed by atoms with E-state index in [0.29, 0.717) is 0 Å². The van der Waals surface area contributed by atoms with Crippen molar-refractivity contribution in [3.8, 4) is 11.1 Å². The molecule has 0 bridgehead atoms. The maximum absolute atomic E-state index is 2.41. The van der Waals surface area contributed by atoms with Crippen molar-refractivity contribution < 1.29 is 4.58 Å². The minimum atomic E-state index is 0.977. The molecular weight excluding hydrogens is 310 g/mol. The second-order valence-corrected chi connectivity index (χ2v) is 7.46. The molecule has 2 heteroatoms. The fourth-order valence-electron chi connectivity index (χ4n) is 3.86. The van der Waals surface area contributed by atoms with Crippen LogP contribution in [0.1, 0.15) is 22.3 Å². The summed E-state index contributed by atoms with van der Waals surface area (Å²) in [6, 6.07) is 22.1. The summed E-state index contributed by atoms with van der Waals surface area (Å²) in [5.74, 6) is 0.977. The molecular formula is C22H18NS+. The lowest BCUT2D eigenvalue weighted by molar-refractivity contribution is -0.411. The van der Waals surface area contributed by atoms with Crippen LogP contribution < -0.4 is 0 Å². The first-order chi connectivity index (χ1) is 11.8. The molecule has 0 spiro atoms. The van der Waals surface area contributed by atoms with Crippen molar-refractivity contribution in [3.63, 3.8) is 0 Å². The zero-order valence-corrected chi connectivity index (χ0v) is 14.4. The molecule has 0 N–H and O–H groups in total. The fourth-order valence-corrected chi connectivity index (χ4v) is 4.93. The Hall–Kier alpha value is -2.32. The van der Waals surface area contributed by atoms with Gasteiger partial charge in [-0.3, -0.25) is 0 Å². The van der Waals surface area contributed by atoms with Gasteiger partial charge in [0.2, 0.25) is 5.69 Å². The number of hydrogen-bond acceptors (Lipinski definition) is 1. The SMILES string of the molecule is Cc1cccc2c1SC[N+](c1cccc3c1Cc1ccccc1-3)=C2. The second kappa shape index (κ2) is 5.35. The third kappa shape index (κ3) is 2.06. The van der Waals surface area contributed by atoms with Crippen molar-refractivity contribution in [2.24, 2.45) is 0 Å². The highest BCUT2D eigenvalue weighted by Crippen LogP contribution is 2.42. The highest BCUT2D eigenvalue weighted by Gasteiger charge is 2.27. The third-order valence-electron chi connectivity index (χ3n) is 5.02. The molecule has 1 aliphatic heterocycles. The number of fused-ring (bicyclic) bond motifs is 4. The molecule has 5 rings (SSSR count). The predicted molar refractivity (Wildman–Crippen MR) is 102 cm³/mol. The number of hydrogen-bond donors (Lipinski definition) is 0. The van der Waals surface area contributed by atoms with Gasteiger partial charge in [0.1, 0.15) is 0 Å². The maximum atomic E-state index is 2.41. The summed E-state index contributed by atoms with van der Waals surface area (Å²) in [7, 11) is 0. The van der Waals surface area contributed by atoms with Gasteiger partial charge in [-0.15, -0.1) is 0 Å². The van der Waals surface area contributed by atoms with E-state index >= 15 is 0 Å². The molecule has 1 heterocycles. The molecule has 0 saturated carbocycles. The summed E-state index contributed by atoms with van der Waals surface area (Å²) in [6.45, 7) is 2.20. The first kappa shape index (κ1) is 14.1. The van der Waals surface area contributed by atoms with Crippen LogP contribution in [0.25, 0.3) is 11.1 Å². The number of benzene rings is 3. The molecule has 0 saturated heterocycles. The minimum Gasteiger partial charge on any atom is -0.188 e. The molecule has 0 amide bonds. The molecule has 0 fully saturated rings. The predicted octanol–water partition coefficient (Wildman–Crippen LogP) is 5.39. The first-order valence-corrected chi connectivity index (χ1v) is 9.34. The van der Waals surface area contributed by atoms with E-state index in [-0.39, 0.29) is 0 Å². The van der Waals surface area contributed by atoms with Crippen molar-refractivity contribution in [1.82, 2.24) is 0 Å². The molecule has 3 aromatic carbocycles. The topological polar surface area (TPSA) is 3.01 Å². The molecule has 0 radical (unpaired) electrons. The summed E-state index contributed by atoms with van der Waals surface area (Å²) in [5.41, 5.74) is 9.76. The average Bonchev–Trinajstić information content (AvgIpc) is 3.00. The Labute approximate surface area is 146 Å². The monoisotopic (exact) mass is 328 g/mol. The van der Waals surface area contributed by atoms with Crippen LogP contribution in [0.4, 0.5) is 5.69 Å². The molecule has 3 aromatic rings. The Bertz CT molecular complexity index is 1000. The summed E-state index contributed by atoms with van der Waals surface area (Å²) in [6.07, 6.45) is 3.36. The summed E-state index contributed by atoms with van der Waals surface area (Å²) in [5, 5.41) is 0. The van der Waals surface area contributed by atoms with E-state index in [1.165, 1.54) is 44.0 Å². The van der Waals surface area contributed by atoms with Crippen molar-refractivity contribution in [3.05, 3.63) is 82.9 Å². The summed E-state index contributed by atoms with van der Waals surface area (Å²) in [4.78, 5) is 1.42. The van der Waals surface area contributed by atoms with Crippen LogP contribution >= 0.6 is 11.8 Å². The van der Waals surface area contributed by atoms with Crippen LogP contribution in [0.15, 0.2) is 65.6 Å². The lowest BCUT2D eigenvalue weighted by atomic mass is 10.0. The van der Waals surface area contributed by atoms with Gasteiger partial charge in [0.05, 0.1) is 5.56 Å². The molecule has 0 unspecified atom stereocenters. The normalized spacial score (nSPS) is 14.6. The molecule has 116 valence electrons. The van der Waals surface area contributed by atoms with E-state index in [9.17, 15) is 0 Å². The van der Waals surface area contributed by atoms with Crippen LogP contribution in [0, 0.1) is 6.92 Å². The number of rotatable bonds is 1. The minimum absolute atomic E-state index is 0.977. The van der Waals surface area contributed by atoms with E-state index in [1.807, 2.05) is 11.8 Å². The molecule has 1 aliphatic carbocycles. The van der Waals surface area contributed by atoms with Crippen LogP contribution in [0.2, 0.25) is 0 Å². The zero-order valence-electron chi connectivity index (χ0n) is 13.6. The largest absolute Gasteiger partial charge is 0.210 e. The van der Waals surface area contributed by atoms with Gasteiger partial charge >= 0.3 is 0 Å². The Morgan fingerprint density at radius 1 is 0.875 bits per heavy atom. The molecule has 2 aliphatic rings. The molecule has 24 heavy (non-hydrogen) atoms. The Morgan fingerprint density at radius 3 is 2.67 bits per heavy atom. The second-order valence-electron chi connectivity index (χ2n) is 6.50. The van der Waals surface area contributed by atoms with E-state index in [1.54, 1.807) is 0 Å². The van der Waals surface area contributed by atoms with E-state index in [0.717, 1.165) is 12.3 Å². The standard InChI is InChI=1S/C22H18NS/c1-15-6-4-8-17-13-23(14-24-22(15)17)21-11-5-10-19-18-9-3-2-7-16(18)12-20(19)21/h2-11,13H,12,14H2,1H3/q+1. The van der Waals surface area contributed by atoms with Crippen molar-refractivity contribution >= 4 is 23.7 Å². The lowest BCUT2D eigenvalue weighted by Gasteiger charge is -2.15. The summed E-state index contributed by atoms with van der Waals surface area (Å²) >= 11 is 1.94. The van der Waals surface area contributed by atoms with Crippen LogP contribution in [-0.2, 0) is 6.42 Å². The van der Waals surface area contributed by atoms with Gasteiger partial charge in [0.15, 0.2) is 12.1 Å². The van der Waals surface area contributed by atoms with Crippen molar-refractivity contribution in [2.45, 2.75) is 18.2 Å². The van der Waals surface area contributed by atoms with Gasteiger partial charge in [-0.05, 0) is 35.2 Å². The Balaban J connectivity index is 1.65. The fraction of sp³-hybridized carbons (Fsp3) is 0.136. The average molecular weight is 328 g/mol. The van der Waals surface area contributed by atoms with Crippen molar-refractivity contribution in [2.75, 3.05) is 5.88 Å². The van der Waals surface area contributed by atoms with Crippen molar-refractivity contribution in [1.29, 1.82) is 0 Å². The van der Waals surface area contributed by atoms with Gasteiger partial charge < -0.3 is 0 Å².